The second kappa shape index (κ2) is 11.6. The van der Waals surface area contributed by atoms with Crippen LogP contribution in [0.4, 0.5) is 5.69 Å². The number of sulfone groups is 1. The van der Waals surface area contributed by atoms with E-state index in [2.05, 4.69) is 0 Å². The molecule has 9 nitrogen and oxygen atoms in total. The molecule has 3 aromatic rings. The van der Waals surface area contributed by atoms with E-state index in [-0.39, 0.29) is 11.7 Å². The zero-order valence-corrected chi connectivity index (χ0v) is 21.6. The zero-order valence-electron chi connectivity index (χ0n) is 20.8. The number of rotatable bonds is 10. The van der Waals surface area contributed by atoms with Crippen LogP contribution in [0.25, 0.3) is 6.08 Å². The standard InChI is InChI=1S/C26H29N2O7S/c1-19(29)28(27-12-7-6-8-13-27)23-15-20(9-10-24(23)33-3)18-36(30,31)14-11-22-25(34-4)16-21(32-2)17-26(22)35-5/h6-17H,18H2,1-5H3/q+1. The lowest BCUT2D eigenvalue weighted by Crippen LogP contribution is -2.56. The van der Waals surface area contributed by atoms with Gasteiger partial charge in [0.1, 0.15) is 23.0 Å². The van der Waals surface area contributed by atoms with Crippen molar-refractivity contribution in [3.8, 4) is 23.0 Å². The molecule has 0 saturated carbocycles. The van der Waals surface area contributed by atoms with Crippen LogP contribution >= 0.6 is 0 Å². The van der Waals surface area contributed by atoms with Gasteiger partial charge in [0, 0.05) is 36.6 Å². The molecular formula is C26H29N2O7S+. The minimum absolute atomic E-state index is 0.275. The first-order valence-electron chi connectivity index (χ1n) is 10.9. The molecule has 0 N–H and O–H groups in total. The summed E-state index contributed by atoms with van der Waals surface area (Å²) in [6.07, 6.45) is 4.85. The monoisotopic (exact) mass is 513 g/mol. The lowest BCUT2D eigenvalue weighted by molar-refractivity contribution is -0.674. The van der Waals surface area contributed by atoms with Gasteiger partial charge in [0.15, 0.2) is 15.5 Å². The molecule has 36 heavy (non-hydrogen) atoms. The number of benzene rings is 2. The smallest absolute Gasteiger partial charge is 0.281 e. The first kappa shape index (κ1) is 26.6. The molecule has 0 unspecified atom stereocenters. The maximum absolute atomic E-state index is 13.0. The van der Waals surface area contributed by atoms with E-state index in [1.807, 2.05) is 6.07 Å². The van der Waals surface area contributed by atoms with E-state index in [0.29, 0.717) is 39.8 Å². The summed E-state index contributed by atoms with van der Waals surface area (Å²) in [6.45, 7) is 1.42. The fourth-order valence-electron chi connectivity index (χ4n) is 3.62. The van der Waals surface area contributed by atoms with Crippen molar-refractivity contribution in [3.63, 3.8) is 0 Å². The minimum atomic E-state index is -3.72. The number of ether oxygens (including phenoxy) is 4. The minimum Gasteiger partial charge on any atom is -0.496 e. The summed E-state index contributed by atoms with van der Waals surface area (Å²) in [5.74, 6) is 1.17. The van der Waals surface area contributed by atoms with Crippen molar-refractivity contribution in [1.82, 2.24) is 0 Å². The number of carbonyl (C=O) groups excluding carboxylic acids is 1. The lowest BCUT2D eigenvalue weighted by Gasteiger charge is -2.17. The molecule has 0 fully saturated rings. The van der Waals surface area contributed by atoms with Crippen LogP contribution in [0.1, 0.15) is 18.1 Å². The van der Waals surface area contributed by atoms with Gasteiger partial charge in [-0.3, -0.25) is 4.79 Å². The second-order valence-corrected chi connectivity index (χ2v) is 9.53. The van der Waals surface area contributed by atoms with Gasteiger partial charge in [-0.05, 0) is 23.8 Å². The molecule has 0 spiro atoms. The van der Waals surface area contributed by atoms with E-state index in [9.17, 15) is 13.2 Å². The number of nitrogens with zero attached hydrogens (tertiary/aromatic N) is 2. The fraction of sp³-hybridized carbons (Fsp3) is 0.231. The van der Waals surface area contributed by atoms with Gasteiger partial charge in [-0.1, -0.05) is 21.8 Å². The van der Waals surface area contributed by atoms with Crippen molar-refractivity contribution < 1.29 is 36.8 Å². The van der Waals surface area contributed by atoms with Gasteiger partial charge in [-0.15, -0.1) is 0 Å². The van der Waals surface area contributed by atoms with E-state index in [4.69, 9.17) is 18.9 Å². The third kappa shape index (κ3) is 6.14. The predicted octanol–water partition coefficient (Wildman–Crippen LogP) is 3.41. The highest BCUT2D eigenvalue weighted by Gasteiger charge is 2.26. The molecule has 0 aliphatic rings. The van der Waals surface area contributed by atoms with Gasteiger partial charge in [-0.2, -0.15) is 0 Å². The fourth-order valence-corrected chi connectivity index (χ4v) is 4.70. The molecule has 2 aromatic carbocycles. The van der Waals surface area contributed by atoms with E-state index in [1.54, 1.807) is 59.5 Å². The Balaban J connectivity index is 1.97. The van der Waals surface area contributed by atoms with Gasteiger partial charge < -0.3 is 18.9 Å². The van der Waals surface area contributed by atoms with Crippen LogP contribution < -0.4 is 28.6 Å². The Hall–Kier alpha value is -4.05. The molecule has 1 heterocycles. The highest BCUT2D eigenvalue weighted by Crippen LogP contribution is 2.35. The quantitative estimate of drug-likeness (QED) is 0.384. The van der Waals surface area contributed by atoms with Crippen molar-refractivity contribution in [3.05, 3.63) is 77.5 Å². The molecule has 10 heteroatoms. The number of methoxy groups -OCH3 is 4. The van der Waals surface area contributed by atoms with Crippen LogP contribution in [0.2, 0.25) is 0 Å². The summed E-state index contributed by atoms with van der Waals surface area (Å²) in [4.78, 5) is 12.5. The van der Waals surface area contributed by atoms with Crippen LogP contribution in [-0.4, -0.2) is 42.8 Å². The molecule has 0 aliphatic carbocycles. The average molecular weight is 514 g/mol. The average Bonchev–Trinajstić information content (AvgIpc) is 2.87. The molecule has 0 radical (unpaired) electrons. The summed E-state index contributed by atoms with van der Waals surface area (Å²) >= 11 is 0. The number of aromatic nitrogens is 1. The number of hydrogen-bond donors (Lipinski definition) is 0. The number of carbonyl (C=O) groups is 1. The SMILES string of the molecule is COc1cc(OC)c(C=CS(=O)(=O)Cc2ccc(OC)c(N(C(C)=O)[n+]3ccccc3)c2)c(OC)c1. The Bertz CT molecular complexity index is 1330. The summed E-state index contributed by atoms with van der Waals surface area (Å²) < 4.78 is 49.1. The first-order valence-corrected chi connectivity index (χ1v) is 12.6. The van der Waals surface area contributed by atoms with Crippen LogP contribution in [0.3, 0.4) is 0 Å². The first-order chi connectivity index (χ1) is 17.2. The highest BCUT2D eigenvalue weighted by molar-refractivity contribution is 7.93. The van der Waals surface area contributed by atoms with Gasteiger partial charge in [0.05, 0.1) is 39.8 Å². The highest BCUT2D eigenvalue weighted by atomic mass is 32.2. The number of pyridine rings is 1. The van der Waals surface area contributed by atoms with Crippen LogP contribution in [-0.2, 0) is 20.4 Å². The lowest BCUT2D eigenvalue weighted by atomic mass is 10.1. The van der Waals surface area contributed by atoms with Crippen LogP contribution in [0.15, 0.2) is 66.3 Å². The van der Waals surface area contributed by atoms with Crippen molar-refractivity contribution in [2.24, 2.45) is 0 Å². The largest absolute Gasteiger partial charge is 0.496 e. The van der Waals surface area contributed by atoms with Crippen LogP contribution in [0, 0.1) is 0 Å². The molecule has 0 saturated heterocycles. The van der Waals surface area contributed by atoms with Gasteiger partial charge in [-0.25, -0.2) is 8.42 Å². The summed E-state index contributed by atoms with van der Waals surface area (Å²) in [6, 6.07) is 13.6. The van der Waals surface area contributed by atoms with Crippen molar-refractivity contribution >= 4 is 27.5 Å². The Morgan fingerprint density at radius 3 is 2.03 bits per heavy atom. The molecule has 0 atom stereocenters. The van der Waals surface area contributed by atoms with E-state index in [0.717, 1.165) is 5.41 Å². The van der Waals surface area contributed by atoms with Crippen molar-refractivity contribution in [2.75, 3.05) is 33.4 Å². The summed E-state index contributed by atoms with van der Waals surface area (Å²) in [5.41, 5.74) is 1.35. The van der Waals surface area contributed by atoms with Crippen molar-refractivity contribution in [2.45, 2.75) is 12.7 Å². The van der Waals surface area contributed by atoms with E-state index < -0.39 is 9.84 Å². The third-order valence-electron chi connectivity index (χ3n) is 5.26. The maximum Gasteiger partial charge on any atom is 0.281 e. The summed E-state index contributed by atoms with van der Waals surface area (Å²) in [5, 5.41) is 2.51. The van der Waals surface area contributed by atoms with Gasteiger partial charge in [0.25, 0.3) is 5.91 Å². The molecule has 190 valence electrons. The molecule has 1 amide bonds. The Morgan fingerprint density at radius 1 is 0.889 bits per heavy atom. The Kier molecular flexibility index (Phi) is 8.55. The van der Waals surface area contributed by atoms with Crippen molar-refractivity contribution in [1.29, 1.82) is 0 Å². The van der Waals surface area contributed by atoms with Crippen LogP contribution in [0.5, 0.6) is 23.0 Å². The molecular weight excluding hydrogens is 484 g/mol. The summed E-state index contributed by atoms with van der Waals surface area (Å²) in [7, 11) is 2.24. The molecule has 3 rings (SSSR count). The molecule has 1 aromatic heterocycles. The molecule has 0 bridgehead atoms. The maximum atomic E-state index is 13.0. The number of anilines is 1. The topological polar surface area (TPSA) is 95.2 Å². The van der Waals surface area contributed by atoms with E-state index >= 15 is 0 Å². The van der Waals surface area contributed by atoms with E-state index in [1.165, 1.54) is 46.4 Å². The zero-order chi connectivity index (χ0) is 26.3. The van der Waals surface area contributed by atoms with Gasteiger partial charge >= 0.3 is 0 Å². The third-order valence-corrected chi connectivity index (χ3v) is 6.55. The number of amides is 1. The number of hydrogen-bond acceptors (Lipinski definition) is 7. The molecule has 0 aliphatic heterocycles. The normalized spacial score (nSPS) is 11.2. The Morgan fingerprint density at radius 2 is 1.50 bits per heavy atom. The Labute approximate surface area is 211 Å². The predicted molar refractivity (Wildman–Crippen MR) is 136 cm³/mol. The van der Waals surface area contributed by atoms with Gasteiger partial charge in [0.2, 0.25) is 12.4 Å². The second-order valence-electron chi connectivity index (χ2n) is 7.65.